The maximum Gasteiger partial charge on any atom is 0.139 e. The molecular weight excluding hydrogens is 861 g/mol. The van der Waals surface area contributed by atoms with Gasteiger partial charge in [-0.2, -0.15) is 0 Å². The van der Waals surface area contributed by atoms with Crippen LogP contribution in [0.3, 0.4) is 0 Å². The summed E-state index contributed by atoms with van der Waals surface area (Å²) in [5.74, 6) is 3.65. The SMILES string of the molecule is CC1(C)c2ccccc2Oc2c(-c3cccc4c(-c5cccc6c5-c5ccccc5C65c6ccccc6-c6ccccc65)c5cccc(-c6cccc7c6Oc6ccccc6C7(C)C)c5cc34)cccc21. The van der Waals surface area contributed by atoms with E-state index in [4.69, 9.17) is 9.47 Å². The van der Waals surface area contributed by atoms with Crippen LogP contribution >= 0.6 is 0 Å². The van der Waals surface area contributed by atoms with Crippen LogP contribution < -0.4 is 9.47 Å². The lowest BCUT2D eigenvalue weighted by molar-refractivity contribution is 0.419. The largest absolute Gasteiger partial charge is 0.456 e. The first-order valence-electron chi connectivity index (χ1n) is 25.0. The molecular formula is C69H48O2. The van der Waals surface area contributed by atoms with Gasteiger partial charge in [0.1, 0.15) is 23.0 Å². The average molecular weight is 909 g/mol. The maximum atomic E-state index is 7.05. The number of hydrogen-bond acceptors (Lipinski definition) is 2. The quantitative estimate of drug-likeness (QED) is 0.164. The highest BCUT2D eigenvalue weighted by Gasteiger charge is 2.52. The van der Waals surface area contributed by atoms with Gasteiger partial charge in [0.2, 0.25) is 0 Å². The molecule has 71 heavy (non-hydrogen) atoms. The topological polar surface area (TPSA) is 18.5 Å². The van der Waals surface area contributed by atoms with Crippen molar-refractivity contribution in [1.82, 2.24) is 0 Å². The lowest BCUT2D eigenvalue weighted by Crippen LogP contribution is -2.25. The highest BCUT2D eigenvalue weighted by molar-refractivity contribution is 6.21. The van der Waals surface area contributed by atoms with Crippen molar-refractivity contribution < 1.29 is 9.47 Å². The van der Waals surface area contributed by atoms with Gasteiger partial charge in [-0.05, 0) is 107 Å². The summed E-state index contributed by atoms with van der Waals surface area (Å²) in [4.78, 5) is 0. The number of hydrogen-bond donors (Lipinski definition) is 0. The van der Waals surface area contributed by atoms with Crippen molar-refractivity contribution in [3.8, 4) is 78.6 Å². The van der Waals surface area contributed by atoms with E-state index in [9.17, 15) is 0 Å². The van der Waals surface area contributed by atoms with Crippen LogP contribution in [0.2, 0.25) is 0 Å². The highest BCUT2D eigenvalue weighted by Crippen LogP contribution is 2.65. The average Bonchev–Trinajstić information content (AvgIpc) is 3.88. The molecule has 2 nitrogen and oxygen atoms in total. The first kappa shape index (κ1) is 40.4. The Morgan fingerprint density at radius 1 is 0.254 bits per heavy atom. The zero-order valence-electron chi connectivity index (χ0n) is 40.1. The molecule has 0 aromatic heterocycles. The van der Waals surface area contributed by atoms with Crippen molar-refractivity contribution in [2.45, 2.75) is 43.9 Å². The molecule has 2 heterocycles. The van der Waals surface area contributed by atoms with E-state index in [1.807, 2.05) is 0 Å². The predicted octanol–water partition coefficient (Wildman–Crippen LogP) is 18.2. The third kappa shape index (κ3) is 5.21. The van der Waals surface area contributed by atoms with Gasteiger partial charge in [0, 0.05) is 44.2 Å². The maximum absolute atomic E-state index is 7.05. The Labute approximate surface area is 414 Å². The molecule has 0 saturated heterocycles. The first-order valence-corrected chi connectivity index (χ1v) is 25.0. The number of para-hydroxylation sites is 4. The molecule has 336 valence electrons. The van der Waals surface area contributed by atoms with Gasteiger partial charge in [0.15, 0.2) is 0 Å². The summed E-state index contributed by atoms with van der Waals surface area (Å²) in [6.45, 7) is 9.29. The molecule has 2 aliphatic carbocycles. The van der Waals surface area contributed by atoms with E-state index in [1.54, 1.807) is 0 Å². The summed E-state index contributed by atoms with van der Waals surface area (Å²) in [5.41, 5.74) is 21.2. The molecule has 0 unspecified atom stereocenters. The summed E-state index contributed by atoms with van der Waals surface area (Å²) >= 11 is 0. The van der Waals surface area contributed by atoms with Gasteiger partial charge in [-0.3, -0.25) is 0 Å². The fourth-order valence-electron chi connectivity index (χ4n) is 13.6. The van der Waals surface area contributed by atoms with E-state index in [0.29, 0.717) is 0 Å². The molecule has 0 bridgehead atoms. The lowest BCUT2D eigenvalue weighted by atomic mass is 9.70. The molecule has 11 aromatic rings. The van der Waals surface area contributed by atoms with E-state index in [2.05, 4.69) is 246 Å². The van der Waals surface area contributed by atoms with Crippen molar-refractivity contribution in [1.29, 1.82) is 0 Å². The van der Waals surface area contributed by atoms with Crippen molar-refractivity contribution in [2.75, 3.05) is 0 Å². The van der Waals surface area contributed by atoms with E-state index in [1.165, 1.54) is 99.4 Å². The minimum atomic E-state index is -0.473. The minimum absolute atomic E-state index is 0.264. The first-order chi connectivity index (χ1) is 34.8. The van der Waals surface area contributed by atoms with Gasteiger partial charge in [-0.1, -0.05) is 228 Å². The van der Waals surface area contributed by atoms with Crippen LogP contribution in [0.15, 0.2) is 218 Å². The second-order valence-electron chi connectivity index (χ2n) is 21.0. The van der Waals surface area contributed by atoms with E-state index >= 15 is 0 Å². The normalized spacial score (nSPS) is 15.3. The van der Waals surface area contributed by atoms with Crippen LogP contribution in [0.5, 0.6) is 23.0 Å². The molecule has 0 atom stereocenters. The van der Waals surface area contributed by atoms with Crippen LogP contribution in [-0.4, -0.2) is 0 Å². The van der Waals surface area contributed by atoms with Crippen LogP contribution in [-0.2, 0) is 16.2 Å². The summed E-state index contributed by atoms with van der Waals surface area (Å²) < 4.78 is 14.1. The smallest absolute Gasteiger partial charge is 0.139 e. The molecule has 0 radical (unpaired) electrons. The van der Waals surface area contributed by atoms with Gasteiger partial charge in [0.05, 0.1) is 5.41 Å². The predicted molar refractivity (Wildman–Crippen MR) is 291 cm³/mol. The fraction of sp³-hybridized carbons (Fsp3) is 0.101. The highest BCUT2D eigenvalue weighted by atomic mass is 16.5. The zero-order chi connectivity index (χ0) is 47.4. The second kappa shape index (κ2) is 14.3. The van der Waals surface area contributed by atoms with Crippen LogP contribution in [0.4, 0.5) is 0 Å². The Bertz CT molecular complexity index is 3920. The van der Waals surface area contributed by atoms with Crippen molar-refractivity contribution >= 4 is 21.5 Å². The fourth-order valence-corrected chi connectivity index (χ4v) is 13.6. The van der Waals surface area contributed by atoms with Crippen molar-refractivity contribution in [2.24, 2.45) is 0 Å². The summed E-state index contributed by atoms with van der Waals surface area (Å²) in [7, 11) is 0. The Morgan fingerprint density at radius 2 is 0.606 bits per heavy atom. The van der Waals surface area contributed by atoms with Gasteiger partial charge in [-0.15, -0.1) is 0 Å². The minimum Gasteiger partial charge on any atom is -0.456 e. The number of benzene rings is 11. The molecule has 1 spiro atoms. The Kier molecular flexibility index (Phi) is 8.15. The van der Waals surface area contributed by atoms with Crippen LogP contribution in [0.25, 0.3) is 77.2 Å². The van der Waals surface area contributed by atoms with Crippen LogP contribution in [0.1, 0.15) is 72.2 Å². The van der Waals surface area contributed by atoms with Gasteiger partial charge in [0.25, 0.3) is 0 Å². The third-order valence-corrected chi connectivity index (χ3v) is 16.8. The molecule has 15 rings (SSSR count). The number of rotatable bonds is 3. The monoisotopic (exact) mass is 908 g/mol. The molecule has 2 aliphatic heterocycles. The summed E-state index contributed by atoms with van der Waals surface area (Å²) in [6, 6.07) is 81.2. The summed E-state index contributed by atoms with van der Waals surface area (Å²) in [6.07, 6.45) is 0. The summed E-state index contributed by atoms with van der Waals surface area (Å²) in [5, 5.41) is 4.73. The van der Waals surface area contributed by atoms with E-state index in [0.717, 1.165) is 45.3 Å². The zero-order valence-corrected chi connectivity index (χ0v) is 40.1. The molecule has 0 fully saturated rings. The Hall–Kier alpha value is -8.46. The van der Waals surface area contributed by atoms with Crippen LogP contribution in [0, 0.1) is 0 Å². The van der Waals surface area contributed by atoms with Crippen molar-refractivity contribution in [3.05, 3.63) is 263 Å². The van der Waals surface area contributed by atoms with Crippen molar-refractivity contribution in [3.63, 3.8) is 0 Å². The molecule has 11 aromatic carbocycles. The Morgan fingerprint density at radius 3 is 1.11 bits per heavy atom. The standard InChI is InChI=1S/C69H48O2/c1-67(2)56-33-11-13-38-61(56)70-65-47(27-17-36-59(65)67)41-23-15-25-45-51(41)40-52-42(48-28-18-37-60-66(48)71-62-39-14-12-34-57(62)68(60,3)4)24-16-26-46(52)63(45)50-29-19-35-58-64(50)49-22-7-10-32-55(49)69(58)53-30-8-5-20-43(53)44-21-6-9-31-54(44)69/h5-40H,1-4H3. The Balaban J connectivity index is 1.06. The second-order valence-corrected chi connectivity index (χ2v) is 21.0. The third-order valence-electron chi connectivity index (χ3n) is 16.8. The molecule has 0 saturated carbocycles. The molecule has 0 N–H and O–H groups in total. The van der Waals surface area contributed by atoms with E-state index < -0.39 is 5.41 Å². The lowest BCUT2D eigenvalue weighted by Gasteiger charge is -2.35. The molecule has 0 amide bonds. The van der Waals surface area contributed by atoms with E-state index in [-0.39, 0.29) is 10.8 Å². The number of fused-ring (bicyclic) bond motifs is 16. The number of ether oxygens (including phenoxy) is 2. The van der Waals surface area contributed by atoms with Gasteiger partial charge >= 0.3 is 0 Å². The molecule has 2 heteroatoms. The van der Waals surface area contributed by atoms with Gasteiger partial charge < -0.3 is 9.47 Å². The van der Waals surface area contributed by atoms with Gasteiger partial charge in [-0.25, -0.2) is 0 Å². The molecule has 4 aliphatic rings.